The van der Waals surface area contributed by atoms with Gasteiger partial charge in [-0.3, -0.25) is 0 Å². The van der Waals surface area contributed by atoms with E-state index in [2.05, 4.69) is 31.1 Å². The first kappa shape index (κ1) is 11.4. The fourth-order valence-electron chi connectivity index (χ4n) is 1.05. The van der Waals surface area contributed by atoms with Gasteiger partial charge in [-0.25, -0.2) is 0 Å². The highest BCUT2D eigenvalue weighted by Crippen LogP contribution is 2.13. The van der Waals surface area contributed by atoms with Gasteiger partial charge < -0.3 is 10.6 Å². The number of hydrogen-bond donors (Lipinski definition) is 1. The molecule has 0 atom stereocenters. The van der Waals surface area contributed by atoms with Crippen molar-refractivity contribution in [2.75, 3.05) is 32.1 Å². The normalized spacial score (nSPS) is 10.8. The average molecular weight is 210 g/mol. The Bertz CT molecular complexity index is 256. The topological polar surface area (TPSA) is 29.3 Å². The number of nitrogens with two attached hydrogens (primary N) is 1. The van der Waals surface area contributed by atoms with Crippen LogP contribution in [-0.4, -0.2) is 31.3 Å². The van der Waals surface area contributed by atoms with E-state index >= 15 is 0 Å². The maximum absolute atomic E-state index is 5.61. The molecule has 0 heterocycles. The standard InChI is InChI=1S/C11H18N2S/c1-13(2)7-8-14-9-10-3-5-11(12)6-4-10/h3-6H,7-9,12H2,1-2H3. The van der Waals surface area contributed by atoms with Crippen LogP contribution in [0.4, 0.5) is 5.69 Å². The molecule has 0 aliphatic rings. The van der Waals surface area contributed by atoms with Crippen molar-refractivity contribution in [1.82, 2.24) is 4.90 Å². The molecule has 2 nitrogen and oxygen atoms in total. The predicted molar refractivity (Wildman–Crippen MR) is 65.6 cm³/mol. The largest absolute Gasteiger partial charge is 0.399 e. The maximum Gasteiger partial charge on any atom is 0.0314 e. The minimum atomic E-state index is 0.840. The van der Waals surface area contributed by atoms with E-state index in [9.17, 15) is 0 Å². The van der Waals surface area contributed by atoms with Gasteiger partial charge in [0.25, 0.3) is 0 Å². The van der Waals surface area contributed by atoms with E-state index in [4.69, 9.17) is 5.73 Å². The Labute approximate surface area is 90.5 Å². The van der Waals surface area contributed by atoms with Crippen LogP contribution in [0.5, 0.6) is 0 Å². The lowest BCUT2D eigenvalue weighted by atomic mass is 10.2. The first-order chi connectivity index (χ1) is 6.68. The molecule has 0 amide bonds. The highest BCUT2D eigenvalue weighted by atomic mass is 32.2. The van der Waals surface area contributed by atoms with Crippen LogP contribution in [0.3, 0.4) is 0 Å². The average Bonchev–Trinajstić information content (AvgIpc) is 2.15. The highest BCUT2D eigenvalue weighted by molar-refractivity contribution is 7.98. The van der Waals surface area contributed by atoms with E-state index in [1.807, 2.05) is 23.9 Å². The molecule has 1 aromatic carbocycles. The summed E-state index contributed by atoms with van der Waals surface area (Å²) in [6.07, 6.45) is 0. The Balaban J connectivity index is 2.21. The van der Waals surface area contributed by atoms with Gasteiger partial charge in [-0.15, -0.1) is 0 Å². The Morgan fingerprint density at radius 1 is 1.21 bits per heavy atom. The van der Waals surface area contributed by atoms with Gasteiger partial charge in [-0.1, -0.05) is 12.1 Å². The molecular formula is C11H18N2S. The summed E-state index contributed by atoms with van der Waals surface area (Å²) in [5, 5.41) is 0. The van der Waals surface area contributed by atoms with Gasteiger partial charge >= 0.3 is 0 Å². The third-order valence-corrected chi connectivity index (χ3v) is 2.94. The van der Waals surface area contributed by atoms with Gasteiger partial charge in [-0.05, 0) is 31.8 Å². The Kier molecular flexibility index (Phi) is 4.84. The molecule has 0 saturated carbocycles. The Morgan fingerprint density at radius 3 is 2.43 bits per heavy atom. The molecule has 0 radical (unpaired) electrons. The third-order valence-electron chi connectivity index (χ3n) is 1.93. The van der Waals surface area contributed by atoms with Crippen LogP contribution in [0.25, 0.3) is 0 Å². The number of nitrogens with zero attached hydrogens (tertiary/aromatic N) is 1. The molecule has 0 aromatic heterocycles. The highest BCUT2D eigenvalue weighted by Gasteiger charge is 1.94. The van der Waals surface area contributed by atoms with Crippen LogP contribution >= 0.6 is 11.8 Å². The molecule has 0 aliphatic heterocycles. The number of benzene rings is 1. The molecule has 0 bridgehead atoms. The summed E-state index contributed by atoms with van der Waals surface area (Å²) in [5.41, 5.74) is 7.80. The lowest BCUT2D eigenvalue weighted by molar-refractivity contribution is 0.437. The first-order valence-corrected chi connectivity index (χ1v) is 5.91. The summed E-state index contributed by atoms with van der Waals surface area (Å²) < 4.78 is 0. The summed E-state index contributed by atoms with van der Waals surface area (Å²) in [4.78, 5) is 2.20. The predicted octanol–water partition coefficient (Wildman–Crippen LogP) is 2.06. The number of hydrogen-bond acceptors (Lipinski definition) is 3. The summed E-state index contributed by atoms with van der Waals surface area (Å²) in [5.74, 6) is 2.26. The van der Waals surface area contributed by atoms with E-state index in [-0.39, 0.29) is 0 Å². The van der Waals surface area contributed by atoms with Crippen LogP contribution in [0, 0.1) is 0 Å². The monoisotopic (exact) mass is 210 g/mol. The molecule has 2 N–H and O–H groups in total. The summed E-state index contributed by atoms with van der Waals surface area (Å²) >= 11 is 1.96. The summed E-state index contributed by atoms with van der Waals surface area (Å²) in [6, 6.07) is 8.11. The van der Waals surface area contributed by atoms with Gasteiger partial charge in [0.2, 0.25) is 0 Å². The van der Waals surface area contributed by atoms with Crippen molar-refractivity contribution >= 4 is 17.4 Å². The molecule has 0 unspecified atom stereocenters. The van der Waals surface area contributed by atoms with E-state index in [0.717, 1.165) is 18.0 Å². The lowest BCUT2D eigenvalue weighted by Gasteiger charge is -2.08. The van der Waals surface area contributed by atoms with E-state index in [1.165, 1.54) is 11.3 Å². The zero-order chi connectivity index (χ0) is 10.4. The van der Waals surface area contributed by atoms with Crippen LogP contribution in [0.2, 0.25) is 0 Å². The van der Waals surface area contributed by atoms with Gasteiger partial charge in [0.15, 0.2) is 0 Å². The van der Waals surface area contributed by atoms with Crippen molar-refractivity contribution < 1.29 is 0 Å². The van der Waals surface area contributed by atoms with Crippen LogP contribution < -0.4 is 5.73 Å². The molecule has 1 rings (SSSR count). The molecule has 1 aromatic rings. The van der Waals surface area contributed by atoms with E-state index in [0.29, 0.717) is 0 Å². The fourth-order valence-corrected chi connectivity index (χ4v) is 2.12. The van der Waals surface area contributed by atoms with Crippen LogP contribution in [0.15, 0.2) is 24.3 Å². The number of rotatable bonds is 5. The minimum absolute atomic E-state index is 0.840. The molecular weight excluding hydrogens is 192 g/mol. The Morgan fingerprint density at radius 2 is 1.86 bits per heavy atom. The van der Waals surface area contributed by atoms with Crippen LogP contribution in [0.1, 0.15) is 5.56 Å². The molecule has 78 valence electrons. The Hall–Kier alpha value is -0.670. The van der Waals surface area contributed by atoms with Crippen molar-refractivity contribution in [1.29, 1.82) is 0 Å². The SMILES string of the molecule is CN(C)CCSCc1ccc(N)cc1. The number of nitrogen functional groups attached to an aromatic ring is 1. The molecule has 0 spiro atoms. The van der Waals surface area contributed by atoms with Gasteiger partial charge in [0.05, 0.1) is 0 Å². The smallest absolute Gasteiger partial charge is 0.0314 e. The number of anilines is 1. The second-order valence-electron chi connectivity index (χ2n) is 3.60. The molecule has 3 heteroatoms. The van der Waals surface area contributed by atoms with Gasteiger partial charge in [-0.2, -0.15) is 11.8 Å². The van der Waals surface area contributed by atoms with Gasteiger partial charge in [0.1, 0.15) is 0 Å². The number of thioether (sulfide) groups is 1. The quantitative estimate of drug-likeness (QED) is 0.596. The second-order valence-corrected chi connectivity index (χ2v) is 4.70. The fraction of sp³-hybridized carbons (Fsp3) is 0.455. The van der Waals surface area contributed by atoms with Crippen molar-refractivity contribution in [3.8, 4) is 0 Å². The lowest BCUT2D eigenvalue weighted by Crippen LogP contribution is -2.14. The zero-order valence-corrected chi connectivity index (χ0v) is 9.68. The summed E-state index contributed by atoms with van der Waals surface area (Å²) in [7, 11) is 4.20. The third kappa shape index (κ3) is 4.53. The van der Waals surface area contributed by atoms with Gasteiger partial charge in [0, 0.05) is 23.7 Å². The molecule has 0 saturated heterocycles. The molecule has 14 heavy (non-hydrogen) atoms. The van der Waals surface area contributed by atoms with Crippen molar-refractivity contribution in [2.45, 2.75) is 5.75 Å². The van der Waals surface area contributed by atoms with Crippen LogP contribution in [-0.2, 0) is 5.75 Å². The summed E-state index contributed by atoms with van der Waals surface area (Å²) in [6.45, 7) is 1.14. The van der Waals surface area contributed by atoms with E-state index in [1.54, 1.807) is 0 Å². The minimum Gasteiger partial charge on any atom is -0.399 e. The second kappa shape index (κ2) is 5.94. The van der Waals surface area contributed by atoms with Crippen molar-refractivity contribution in [2.24, 2.45) is 0 Å². The molecule has 0 fully saturated rings. The maximum atomic E-state index is 5.61. The van der Waals surface area contributed by atoms with E-state index < -0.39 is 0 Å². The van der Waals surface area contributed by atoms with Crippen molar-refractivity contribution in [3.63, 3.8) is 0 Å². The first-order valence-electron chi connectivity index (χ1n) is 4.75. The zero-order valence-electron chi connectivity index (χ0n) is 8.86. The molecule has 0 aliphatic carbocycles. The van der Waals surface area contributed by atoms with Crippen molar-refractivity contribution in [3.05, 3.63) is 29.8 Å².